The van der Waals surface area contributed by atoms with Crippen molar-refractivity contribution in [3.8, 4) is 11.3 Å². The highest BCUT2D eigenvalue weighted by Gasteiger charge is 2.21. The molecular weight excluding hydrogens is 436 g/mol. The zero-order valence-corrected chi connectivity index (χ0v) is 19.1. The van der Waals surface area contributed by atoms with Crippen molar-refractivity contribution in [1.29, 1.82) is 0 Å². The zero-order chi connectivity index (χ0) is 22.6. The molecular formula is C24H24N6O2S. The maximum atomic E-state index is 12.0. The molecule has 8 nitrogen and oxygen atoms in total. The number of carbonyl (C=O) groups excluding carboxylic acids is 1. The molecule has 0 unspecified atom stereocenters. The predicted molar refractivity (Wildman–Crippen MR) is 131 cm³/mol. The summed E-state index contributed by atoms with van der Waals surface area (Å²) in [5.74, 6) is 0.766. The van der Waals surface area contributed by atoms with Crippen molar-refractivity contribution in [2.75, 3.05) is 50.1 Å². The average molecular weight is 461 g/mol. The summed E-state index contributed by atoms with van der Waals surface area (Å²) in [5, 5.41) is 4.08. The van der Waals surface area contributed by atoms with Gasteiger partial charge in [-0.1, -0.05) is 41.7 Å². The molecule has 0 saturated carbocycles. The van der Waals surface area contributed by atoms with Gasteiger partial charge in [-0.15, -0.1) is 0 Å². The Morgan fingerprint density at radius 1 is 1.06 bits per heavy atom. The number of benzene rings is 1. The van der Waals surface area contributed by atoms with E-state index in [9.17, 15) is 4.79 Å². The van der Waals surface area contributed by atoms with Gasteiger partial charge in [0, 0.05) is 56.8 Å². The zero-order valence-electron chi connectivity index (χ0n) is 18.3. The van der Waals surface area contributed by atoms with Crippen LogP contribution in [0.4, 0.5) is 16.6 Å². The molecule has 168 valence electrons. The Kier molecular flexibility index (Phi) is 6.14. The monoisotopic (exact) mass is 460 g/mol. The van der Waals surface area contributed by atoms with E-state index >= 15 is 0 Å². The minimum atomic E-state index is 0.0362. The number of pyridine rings is 2. The lowest BCUT2D eigenvalue weighted by molar-refractivity contribution is -0.135. The predicted octanol–water partition coefficient (Wildman–Crippen LogP) is 3.79. The number of anilines is 3. The number of amides is 1. The quantitative estimate of drug-likeness (QED) is 0.469. The summed E-state index contributed by atoms with van der Waals surface area (Å²) in [7, 11) is 1.54. The van der Waals surface area contributed by atoms with Crippen molar-refractivity contribution < 1.29 is 9.53 Å². The molecule has 0 radical (unpaired) electrons. The van der Waals surface area contributed by atoms with Crippen LogP contribution in [-0.2, 0) is 9.53 Å². The second kappa shape index (κ2) is 9.51. The number of nitrogens with one attached hydrogen (secondary N) is 1. The number of aromatic nitrogens is 3. The highest BCUT2D eigenvalue weighted by atomic mass is 32.1. The Balaban J connectivity index is 1.28. The van der Waals surface area contributed by atoms with Gasteiger partial charge >= 0.3 is 0 Å². The summed E-state index contributed by atoms with van der Waals surface area (Å²) in [6, 6.07) is 18.1. The summed E-state index contributed by atoms with van der Waals surface area (Å²) < 4.78 is 4.96. The molecule has 1 aromatic carbocycles. The minimum Gasteiger partial charge on any atom is -0.375 e. The Morgan fingerprint density at radius 2 is 1.88 bits per heavy atom. The molecule has 0 atom stereocenters. The van der Waals surface area contributed by atoms with E-state index in [2.05, 4.69) is 32.3 Å². The summed E-state index contributed by atoms with van der Waals surface area (Å²) in [6.45, 7) is 3.03. The number of carbonyl (C=O) groups is 1. The Labute approximate surface area is 195 Å². The van der Waals surface area contributed by atoms with E-state index in [-0.39, 0.29) is 12.5 Å². The first-order valence-corrected chi connectivity index (χ1v) is 11.6. The second-order valence-electron chi connectivity index (χ2n) is 7.73. The topological polar surface area (TPSA) is 83.5 Å². The molecule has 1 aliphatic heterocycles. The molecule has 5 rings (SSSR count). The van der Waals surface area contributed by atoms with Crippen molar-refractivity contribution in [3.05, 3.63) is 60.8 Å². The lowest BCUT2D eigenvalue weighted by Crippen LogP contribution is -2.49. The van der Waals surface area contributed by atoms with Crippen molar-refractivity contribution in [2.45, 2.75) is 0 Å². The van der Waals surface area contributed by atoms with Crippen LogP contribution in [0, 0.1) is 0 Å². The van der Waals surface area contributed by atoms with Gasteiger partial charge in [-0.3, -0.25) is 4.79 Å². The summed E-state index contributed by atoms with van der Waals surface area (Å²) in [6.07, 6.45) is 1.79. The van der Waals surface area contributed by atoms with E-state index in [0.717, 1.165) is 51.3 Å². The van der Waals surface area contributed by atoms with Gasteiger partial charge in [0.25, 0.3) is 0 Å². The lowest BCUT2D eigenvalue weighted by atomic mass is 10.1. The first-order chi connectivity index (χ1) is 16.2. The van der Waals surface area contributed by atoms with E-state index in [0.29, 0.717) is 13.1 Å². The third kappa shape index (κ3) is 4.79. The molecule has 0 spiro atoms. The van der Waals surface area contributed by atoms with Crippen molar-refractivity contribution in [2.24, 2.45) is 0 Å². The van der Waals surface area contributed by atoms with Gasteiger partial charge in [0.2, 0.25) is 5.91 Å². The third-order valence-electron chi connectivity index (χ3n) is 5.57. The van der Waals surface area contributed by atoms with Gasteiger partial charge in [-0.05, 0) is 18.2 Å². The van der Waals surface area contributed by atoms with Crippen molar-refractivity contribution >= 4 is 44.2 Å². The fraction of sp³-hybridized carbons (Fsp3) is 0.250. The first kappa shape index (κ1) is 21.3. The molecule has 4 aromatic rings. The molecule has 1 aliphatic rings. The van der Waals surface area contributed by atoms with Crippen LogP contribution in [0.5, 0.6) is 0 Å². The van der Waals surface area contributed by atoms with Gasteiger partial charge < -0.3 is 19.9 Å². The van der Waals surface area contributed by atoms with Crippen LogP contribution in [0.2, 0.25) is 0 Å². The van der Waals surface area contributed by atoms with Gasteiger partial charge in [-0.25, -0.2) is 15.0 Å². The van der Waals surface area contributed by atoms with Gasteiger partial charge in [0.05, 0.1) is 5.69 Å². The number of methoxy groups -OCH3 is 1. The highest BCUT2D eigenvalue weighted by Crippen LogP contribution is 2.30. The molecule has 3 aromatic heterocycles. The van der Waals surface area contributed by atoms with Crippen LogP contribution in [-0.4, -0.2) is 65.7 Å². The number of ether oxygens (including phenoxy) is 1. The van der Waals surface area contributed by atoms with Gasteiger partial charge in [0.1, 0.15) is 22.8 Å². The molecule has 0 bridgehead atoms. The van der Waals surface area contributed by atoms with E-state index < -0.39 is 0 Å². The van der Waals surface area contributed by atoms with Crippen molar-refractivity contribution in [3.63, 3.8) is 0 Å². The number of nitrogens with zero attached hydrogens (tertiary/aromatic N) is 5. The maximum absolute atomic E-state index is 12.0. The van der Waals surface area contributed by atoms with Crippen LogP contribution in [0.15, 0.2) is 60.8 Å². The Morgan fingerprint density at radius 3 is 2.67 bits per heavy atom. The molecule has 1 N–H and O–H groups in total. The third-order valence-corrected chi connectivity index (χ3v) is 6.45. The number of hydrogen-bond donors (Lipinski definition) is 1. The average Bonchev–Trinajstić information content (AvgIpc) is 3.26. The molecule has 1 fully saturated rings. The molecule has 0 aliphatic carbocycles. The number of hydrogen-bond acceptors (Lipinski definition) is 8. The number of thiazole rings is 1. The SMILES string of the molecule is COCC(=O)N1CCN(c2ccnc(Nc3nc4ccc(-c5ccccc5)nc4s3)c2)CC1. The van der Waals surface area contributed by atoms with Crippen LogP contribution in [0.3, 0.4) is 0 Å². The standard InChI is InChI=1S/C24H24N6O2S/c1-32-16-22(31)30-13-11-29(12-14-30)18-9-10-25-21(15-18)28-24-27-20-8-7-19(26-23(20)33-24)17-5-3-2-4-6-17/h2-10,15H,11-14,16H2,1H3,(H,25,27,28). The van der Waals surface area contributed by atoms with Crippen molar-refractivity contribution in [1.82, 2.24) is 19.9 Å². The molecule has 33 heavy (non-hydrogen) atoms. The second-order valence-corrected chi connectivity index (χ2v) is 8.71. The first-order valence-electron chi connectivity index (χ1n) is 10.8. The molecule has 1 amide bonds. The van der Waals surface area contributed by atoms with Crippen LogP contribution < -0.4 is 10.2 Å². The number of rotatable bonds is 6. The van der Waals surface area contributed by atoms with E-state index in [1.165, 1.54) is 11.3 Å². The number of piperazine rings is 1. The van der Waals surface area contributed by atoms with E-state index in [4.69, 9.17) is 9.72 Å². The minimum absolute atomic E-state index is 0.0362. The maximum Gasteiger partial charge on any atom is 0.248 e. The largest absolute Gasteiger partial charge is 0.375 e. The molecule has 9 heteroatoms. The fourth-order valence-corrected chi connectivity index (χ4v) is 4.71. The smallest absolute Gasteiger partial charge is 0.248 e. The normalized spacial score (nSPS) is 14.0. The van der Waals surface area contributed by atoms with Crippen LogP contribution in [0.25, 0.3) is 21.6 Å². The molecule has 1 saturated heterocycles. The van der Waals surface area contributed by atoms with E-state index in [1.807, 2.05) is 47.4 Å². The number of fused-ring (bicyclic) bond motifs is 1. The lowest BCUT2D eigenvalue weighted by Gasteiger charge is -2.36. The summed E-state index contributed by atoms with van der Waals surface area (Å²) in [5.41, 5.74) is 3.94. The van der Waals surface area contributed by atoms with E-state index in [1.54, 1.807) is 13.3 Å². The summed E-state index contributed by atoms with van der Waals surface area (Å²) in [4.78, 5) is 30.9. The van der Waals surface area contributed by atoms with Gasteiger partial charge in [-0.2, -0.15) is 0 Å². The molecule has 4 heterocycles. The van der Waals surface area contributed by atoms with Crippen LogP contribution >= 0.6 is 11.3 Å². The van der Waals surface area contributed by atoms with Gasteiger partial charge in [0.15, 0.2) is 5.13 Å². The fourth-order valence-electron chi connectivity index (χ4n) is 3.86. The van der Waals surface area contributed by atoms with Crippen LogP contribution in [0.1, 0.15) is 0 Å². The Bertz CT molecular complexity index is 1250. The summed E-state index contributed by atoms with van der Waals surface area (Å²) >= 11 is 1.51. The Hall–Kier alpha value is -3.56. The highest BCUT2D eigenvalue weighted by molar-refractivity contribution is 7.21.